The van der Waals surface area contributed by atoms with E-state index in [9.17, 15) is 14.4 Å². The first-order chi connectivity index (χ1) is 20.5. The molecule has 1 saturated carbocycles. The number of alkyl carbamates (subject to hydrolysis) is 1. The highest BCUT2D eigenvalue weighted by Crippen LogP contribution is 2.44. The number of carbonyl (C=O) groups excluding carboxylic acids is 2. The fraction of sp³-hybridized carbons (Fsp3) is 0.394. The number of ether oxygens (including phenoxy) is 1. The second kappa shape index (κ2) is 12.6. The van der Waals surface area contributed by atoms with Gasteiger partial charge in [0.1, 0.15) is 11.1 Å². The van der Waals surface area contributed by atoms with Crippen LogP contribution in [0.4, 0.5) is 4.79 Å². The van der Waals surface area contributed by atoms with E-state index in [-0.39, 0.29) is 23.9 Å². The van der Waals surface area contributed by atoms with Crippen molar-refractivity contribution in [3.8, 4) is 0 Å². The van der Waals surface area contributed by atoms with Crippen molar-refractivity contribution >= 4 is 29.1 Å². The molecular formula is C33H38ClN5O4. The second-order valence-corrected chi connectivity index (χ2v) is 12.5. The monoisotopic (exact) mass is 603 g/mol. The molecule has 9 nitrogen and oxygen atoms in total. The highest BCUT2D eigenvalue weighted by Gasteiger charge is 2.42. The highest BCUT2D eigenvalue weighted by molar-refractivity contribution is 6.33. The largest absolute Gasteiger partial charge is 0.444 e. The van der Waals surface area contributed by atoms with Gasteiger partial charge in [0.2, 0.25) is 0 Å². The Hall–Kier alpha value is -4.11. The van der Waals surface area contributed by atoms with Gasteiger partial charge in [0.05, 0.1) is 17.6 Å². The lowest BCUT2D eigenvalue weighted by Crippen LogP contribution is -2.42. The molecule has 43 heavy (non-hydrogen) atoms. The number of hydrogen-bond acceptors (Lipinski definition) is 5. The summed E-state index contributed by atoms with van der Waals surface area (Å²) in [7, 11) is 0. The molecule has 0 radical (unpaired) electrons. The van der Waals surface area contributed by atoms with Gasteiger partial charge in [0.15, 0.2) is 5.82 Å². The SMILES string of the molecule is Cc1ccc(C(=O)N(CCCNC(=O)OC(C)(C)C)C(c2nn3ccc(Cl)c3c(=O)n2Cc2ccccc2)C2CC2)cc1. The minimum absolute atomic E-state index is 0.130. The van der Waals surface area contributed by atoms with Crippen LogP contribution in [0, 0.1) is 12.8 Å². The van der Waals surface area contributed by atoms with Gasteiger partial charge < -0.3 is 15.0 Å². The third kappa shape index (κ3) is 7.28. The number of rotatable bonds is 10. The van der Waals surface area contributed by atoms with Gasteiger partial charge in [-0.3, -0.25) is 14.2 Å². The normalized spacial score (nSPS) is 14.0. The van der Waals surface area contributed by atoms with Crippen LogP contribution < -0.4 is 10.9 Å². The Morgan fingerprint density at radius 1 is 1.09 bits per heavy atom. The predicted molar refractivity (Wildman–Crippen MR) is 167 cm³/mol. The van der Waals surface area contributed by atoms with Gasteiger partial charge in [-0.25, -0.2) is 9.31 Å². The number of nitrogens with zero attached hydrogens (tertiary/aromatic N) is 4. The molecule has 226 valence electrons. The molecule has 10 heteroatoms. The van der Waals surface area contributed by atoms with Crippen molar-refractivity contribution in [1.29, 1.82) is 0 Å². The maximum absolute atomic E-state index is 14.2. The van der Waals surface area contributed by atoms with Crippen LogP contribution in [0.2, 0.25) is 5.02 Å². The summed E-state index contributed by atoms with van der Waals surface area (Å²) >= 11 is 6.43. The van der Waals surface area contributed by atoms with Crippen LogP contribution in [0.5, 0.6) is 0 Å². The van der Waals surface area contributed by atoms with Crippen LogP contribution in [0.15, 0.2) is 71.7 Å². The summed E-state index contributed by atoms with van der Waals surface area (Å²) in [4.78, 5) is 42.3. The molecule has 1 aliphatic carbocycles. The van der Waals surface area contributed by atoms with Gasteiger partial charge in [-0.15, -0.1) is 0 Å². The number of fused-ring (bicyclic) bond motifs is 1. The van der Waals surface area contributed by atoms with Crippen molar-refractivity contribution in [3.05, 3.63) is 105 Å². The second-order valence-electron chi connectivity index (χ2n) is 12.1. The van der Waals surface area contributed by atoms with Crippen LogP contribution in [-0.4, -0.2) is 49.8 Å². The molecule has 1 unspecified atom stereocenters. The van der Waals surface area contributed by atoms with Crippen molar-refractivity contribution in [2.75, 3.05) is 13.1 Å². The van der Waals surface area contributed by atoms with Crippen LogP contribution in [-0.2, 0) is 11.3 Å². The van der Waals surface area contributed by atoms with Gasteiger partial charge in [-0.05, 0) is 76.6 Å². The van der Waals surface area contributed by atoms with Crippen LogP contribution in [0.25, 0.3) is 5.52 Å². The average molecular weight is 604 g/mol. The van der Waals surface area contributed by atoms with E-state index >= 15 is 0 Å². The standard InChI is InChI=1S/C33H38ClN5O4/c1-22-11-13-25(14-12-22)30(40)37(19-8-18-35-32(42)43-33(2,3)4)27(24-15-16-24)29-36-39-20-17-26(34)28(39)31(41)38(29)21-23-9-6-5-7-10-23/h5-7,9-14,17,20,24,27H,8,15-16,18-19,21H2,1-4H3,(H,35,42). The molecule has 1 fully saturated rings. The van der Waals surface area contributed by atoms with Crippen molar-refractivity contribution in [1.82, 2.24) is 24.4 Å². The third-order valence-corrected chi connectivity index (χ3v) is 7.71. The minimum atomic E-state index is -0.608. The average Bonchev–Trinajstić information content (AvgIpc) is 3.73. The van der Waals surface area contributed by atoms with Gasteiger partial charge >= 0.3 is 6.09 Å². The third-order valence-electron chi connectivity index (χ3n) is 7.41. The van der Waals surface area contributed by atoms with E-state index in [2.05, 4.69) is 5.32 Å². The summed E-state index contributed by atoms with van der Waals surface area (Å²) < 4.78 is 8.56. The number of aromatic nitrogens is 3. The molecule has 1 N–H and O–H groups in total. The van der Waals surface area contributed by atoms with E-state index in [1.165, 1.54) is 4.52 Å². The van der Waals surface area contributed by atoms with E-state index in [0.717, 1.165) is 24.0 Å². The lowest BCUT2D eigenvalue weighted by atomic mass is 10.1. The molecule has 2 heterocycles. The van der Waals surface area contributed by atoms with Gasteiger partial charge in [-0.2, -0.15) is 5.10 Å². The van der Waals surface area contributed by atoms with Gasteiger partial charge in [-0.1, -0.05) is 59.6 Å². The zero-order valence-corrected chi connectivity index (χ0v) is 25.8. The van der Waals surface area contributed by atoms with E-state index < -0.39 is 17.7 Å². The fourth-order valence-electron chi connectivity index (χ4n) is 5.22. The Labute approximate surface area is 256 Å². The number of halogens is 1. The topological polar surface area (TPSA) is 97.9 Å². The molecule has 0 bridgehead atoms. The molecule has 2 amide bonds. The lowest BCUT2D eigenvalue weighted by molar-refractivity contribution is 0.0522. The molecule has 1 aliphatic rings. The van der Waals surface area contributed by atoms with Crippen LogP contribution in [0.1, 0.15) is 73.4 Å². The Bertz CT molecular complexity index is 1650. The Balaban J connectivity index is 1.54. The lowest BCUT2D eigenvalue weighted by Gasteiger charge is -2.33. The smallest absolute Gasteiger partial charge is 0.407 e. The van der Waals surface area contributed by atoms with Crippen molar-refractivity contribution in [2.24, 2.45) is 5.92 Å². The summed E-state index contributed by atoms with van der Waals surface area (Å²) in [6.45, 7) is 8.36. The predicted octanol–water partition coefficient (Wildman–Crippen LogP) is 6.01. The molecular weight excluding hydrogens is 566 g/mol. The Morgan fingerprint density at radius 3 is 2.44 bits per heavy atom. The fourth-order valence-corrected chi connectivity index (χ4v) is 5.44. The molecule has 4 aromatic rings. The summed E-state index contributed by atoms with van der Waals surface area (Å²) in [6, 6.07) is 18.4. The van der Waals surface area contributed by atoms with E-state index in [4.69, 9.17) is 21.4 Å². The van der Waals surface area contributed by atoms with E-state index in [1.807, 2.05) is 87.2 Å². The maximum Gasteiger partial charge on any atom is 0.407 e. The number of aryl methyl sites for hydroxylation is 1. The van der Waals surface area contributed by atoms with Crippen molar-refractivity contribution in [2.45, 2.75) is 65.1 Å². The first-order valence-corrected chi connectivity index (χ1v) is 15.1. The summed E-state index contributed by atoms with van der Waals surface area (Å²) in [5.41, 5.74) is 1.97. The minimum Gasteiger partial charge on any atom is -0.444 e. The first kappa shape index (κ1) is 30.4. The quantitative estimate of drug-likeness (QED) is 0.224. The molecule has 5 rings (SSSR count). The molecule has 2 aromatic carbocycles. The molecule has 2 aromatic heterocycles. The van der Waals surface area contributed by atoms with E-state index in [1.54, 1.807) is 16.8 Å². The number of hydrogen-bond donors (Lipinski definition) is 1. The zero-order chi connectivity index (χ0) is 30.7. The Kier molecular flexibility index (Phi) is 8.92. The first-order valence-electron chi connectivity index (χ1n) is 14.7. The van der Waals surface area contributed by atoms with Crippen molar-refractivity contribution in [3.63, 3.8) is 0 Å². The van der Waals surface area contributed by atoms with Gasteiger partial charge in [0, 0.05) is 24.8 Å². The molecule has 0 spiro atoms. The zero-order valence-electron chi connectivity index (χ0n) is 25.0. The van der Waals surface area contributed by atoms with Crippen LogP contribution >= 0.6 is 11.6 Å². The number of carbonyl (C=O) groups is 2. The maximum atomic E-state index is 14.2. The highest BCUT2D eigenvalue weighted by atomic mass is 35.5. The number of nitrogens with one attached hydrogen (secondary N) is 1. The molecule has 0 aliphatic heterocycles. The molecule has 0 saturated heterocycles. The summed E-state index contributed by atoms with van der Waals surface area (Å²) in [5.74, 6) is 0.489. The number of amides is 2. The molecule has 1 atom stereocenters. The Morgan fingerprint density at radius 2 is 1.79 bits per heavy atom. The van der Waals surface area contributed by atoms with Gasteiger partial charge in [0.25, 0.3) is 11.5 Å². The van der Waals surface area contributed by atoms with Crippen molar-refractivity contribution < 1.29 is 14.3 Å². The summed E-state index contributed by atoms with van der Waals surface area (Å²) in [6.07, 6.45) is 3.47. The van der Waals surface area contributed by atoms with Crippen LogP contribution in [0.3, 0.4) is 0 Å². The number of benzene rings is 2. The summed E-state index contributed by atoms with van der Waals surface area (Å²) in [5, 5.41) is 8.06. The van der Waals surface area contributed by atoms with E-state index in [0.29, 0.717) is 41.4 Å².